The maximum atomic E-state index is 12.8. The van der Waals surface area contributed by atoms with Crippen molar-refractivity contribution in [3.8, 4) is 11.5 Å². The second kappa shape index (κ2) is 10.0. The number of rotatable bonds is 7. The number of amides is 1. The van der Waals surface area contributed by atoms with Crippen molar-refractivity contribution in [3.05, 3.63) is 53.6 Å². The van der Waals surface area contributed by atoms with Gasteiger partial charge >= 0.3 is 0 Å². The van der Waals surface area contributed by atoms with Crippen molar-refractivity contribution in [2.24, 2.45) is 16.0 Å². The molecule has 4 rings (SSSR count). The van der Waals surface area contributed by atoms with E-state index in [0.717, 1.165) is 30.7 Å². The largest absolute Gasteiger partial charge is 0.494 e. The molecular weight excluding hydrogens is 428 g/mol. The number of anilines is 1. The molecule has 1 saturated heterocycles. The number of nitrogens with one attached hydrogen (secondary N) is 1. The lowest BCUT2D eigenvalue weighted by atomic mass is 9.98. The lowest BCUT2D eigenvalue weighted by Gasteiger charge is -2.33. The van der Waals surface area contributed by atoms with E-state index >= 15 is 0 Å². The lowest BCUT2D eigenvalue weighted by molar-refractivity contribution is -0.132. The molecular formula is C23H28N4O4S. The van der Waals surface area contributed by atoms with E-state index in [9.17, 15) is 9.00 Å². The van der Waals surface area contributed by atoms with Gasteiger partial charge in [-0.3, -0.25) is 9.52 Å². The van der Waals surface area contributed by atoms with Crippen molar-refractivity contribution >= 4 is 28.6 Å². The standard InChI is InChI=1S/C23H28N4O4S/c1-2-30-18-10-8-16(9-11-18)13-21(28)27-12-4-5-17(14-27)15-31-20-7-3-6-19-22(20)23(24)26-32(29)25-19/h3,6-11,17,25H,2,4-5,12-15H2,1H3,(H2,24,26). The molecule has 0 aliphatic carbocycles. The van der Waals surface area contributed by atoms with Crippen LogP contribution in [0.5, 0.6) is 11.5 Å². The number of nitrogens with zero attached hydrogens (tertiary/aromatic N) is 2. The second-order valence-corrected chi connectivity index (χ2v) is 8.80. The normalized spacial score (nSPS) is 20.0. The highest BCUT2D eigenvalue weighted by molar-refractivity contribution is 7.85. The maximum Gasteiger partial charge on any atom is 0.245 e. The molecule has 0 radical (unpaired) electrons. The molecule has 2 aromatic rings. The first-order chi connectivity index (χ1) is 15.5. The van der Waals surface area contributed by atoms with E-state index in [1.54, 1.807) is 6.07 Å². The van der Waals surface area contributed by atoms with Gasteiger partial charge in [0.15, 0.2) is 0 Å². The highest BCUT2D eigenvalue weighted by Crippen LogP contribution is 2.30. The molecule has 0 saturated carbocycles. The summed E-state index contributed by atoms with van der Waals surface area (Å²) >= 11 is -1.57. The summed E-state index contributed by atoms with van der Waals surface area (Å²) in [5, 5.41) is 0. The van der Waals surface area contributed by atoms with E-state index in [0.29, 0.717) is 43.2 Å². The number of hydrogen-bond acceptors (Lipinski definition) is 5. The first-order valence-corrected chi connectivity index (χ1v) is 11.9. The summed E-state index contributed by atoms with van der Waals surface area (Å²) in [4.78, 5) is 14.8. The highest BCUT2D eigenvalue weighted by atomic mass is 32.2. The summed E-state index contributed by atoms with van der Waals surface area (Å²) in [6.45, 7) is 4.47. The molecule has 0 bridgehead atoms. The van der Waals surface area contributed by atoms with Gasteiger partial charge in [0.25, 0.3) is 0 Å². The number of ether oxygens (including phenoxy) is 2. The average Bonchev–Trinajstić information content (AvgIpc) is 2.79. The van der Waals surface area contributed by atoms with Gasteiger partial charge in [-0.05, 0) is 49.6 Å². The van der Waals surface area contributed by atoms with Crippen LogP contribution in [0.25, 0.3) is 0 Å². The highest BCUT2D eigenvalue weighted by Gasteiger charge is 2.26. The first-order valence-electron chi connectivity index (χ1n) is 10.8. The number of likely N-dealkylation sites (tertiary alicyclic amines) is 1. The van der Waals surface area contributed by atoms with E-state index in [-0.39, 0.29) is 17.7 Å². The Hall–Kier alpha value is -3.07. The van der Waals surface area contributed by atoms with Crippen molar-refractivity contribution in [3.63, 3.8) is 0 Å². The fraction of sp³-hybridized carbons (Fsp3) is 0.391. The third-order valence-electron chi connectivity index (χ3n) is 5.60. The van der Waals surface area contributed by atoms with Gasteiger partial charge in [-0.2, -0.15) is 4.40 Å². The average molecular weight is 457 g/mol. The summed E-state index contributed by atoms with van der Waals surface area (Å²) in [6.07, 6.45) is 2.32. The van der Waals surface area contributed by atoms with E-state index in [2.05, 4.69) is 9.12 Å². The Bertz CT molecular complexity index is 1030. The predicted molar refractivity (Wildman–Crippen MR) is 125 cm³/mol. The second-order valence-electron chi connectivity index (χ2n) is 7.92. The van der Waals surface area contributed by atoms with Crippen LogP contribution in [0.1, 0.15) is 30.9 Å². The Labute approximate surface area is 190 Å². The molecule has 2 aliphatic rings. The van der Waals surface area contributed by atoms with E-state index in [1.165, 1.54) is 0 Å². The molecule has 3 N–H and O–H groups in total. The van der Waals surface area contributed by atoms with Crippen LogP contribution in [0.15, 0.2) is 46.9 Å². The summed E-state index contributed by atoms with van der Waals surface area (Å²) in [7, 11) is 0. The molecule has 32 heavy (non-hydrogen) atoms. The van der Waals surface area contributed by atoms with Crippen LogP contribution in [0.2, 0.25) is 0 Å². The van der Waals surface area contributed by atoms with Crippen molar-refractivity contribution < 1.29 is 18.5 Å². The van der Waals surface area contributed by atoms with E-state index < -0.39 is 11.2 Å². The first kappa shape index (κ1) is 22.1. The Balaban J connectivity index is 1.34. The molecule has 2 aliphatic heterocycles. The van der Waals surface area contributed by atoms with Gasteiger partial charge in [0.2, 0.25) is 17.1 Å². The fourth-order valence-electron chi connectivity index (χ4n) is 4.04. The fourth-order valence-corrected chi connectivity index (χ4v) is 4.72. The molecule has 170 valence electrons. The van der Waals surface area contributed by atoms with Crippen LogP contribution in [0, 0.1) is 5.92 Å². The van der Waals surface area contributed by atoms with Crippen LogP contribution >= 0.6 is 0 Å². The third kappa shape index (κ3) is 5.21. The number of carbonyl (C=O) groups is 1. The number of amidine groups is 1. The smallest absolute Gasteiger partial charge is 0.245 e. The number of carbonyl (C=O) groups excluding carboxylic acids is 1. The SMILES string of the molecule is CCOc1ccc(CC(=O)N2CCCC(COc3cccc4c3C(N)=NS(=O)N4)C2)cc1. The monoisotopic (exact) mass is 456 g/mol. The van der Waals surface area contributed by atoms with Crippen molar-refractivity contribution in [1.29, 1.82) is 0 Å². The van der Waals surface area contributed by atoms with Gasteiger partial charge in [0.05, 0.1) is 30.9 Å². The van der Waals surface area contributed by atoms with Crippen LogP contribution in [0.4, 0.5) is 5.69 Å². The van der Waals surface area contributed by atoms with Gasteiger partial charge in [-0.25, -0.2) is 4.21 Å². The Morgan fingerprint density at radius 3 is 2.84 bits per heavy atom. The zero-order valence-electron chi connectivity index (χ0n) is 18.1. The zero-order valence-corrected chi connectivity index (χ0v) is 18.9. The van der Waals surface area contributed by atoms with Crippen molar-refractivity contribution in [1.82, 2.24) is 4.90 Å². The molecule has 0 spiro atoms. The van der Waals surface area contributed by atoms with Crippen LogP contribution in [0.3, 0.4) is 0 Å². The van der Waals surface area contributed by atoms with Crippen molar-refractivity contribution in [2.75, 3.05) is 31.0 Å². The molecule has 8 nitrogen and oxygen atoms in total. The summed E-state index contributed by atoms with van der Waals surface area (Å²) < 4.78 is 29.9. The van der Waals surface area contributed by atoms with Gasteiger partial charge in [0.1, 0.15) is 17.3 Å². The number of nitrogens with two attached hydrogens (primary N) is 1. The molecule has 2 aromatic carbocycles. The van der Waals surface area contributed by atoms with Gasteiger partial charge < -0.3 is 20.1 Å². The minimum Gasteiger partial charge on any atom is -0.494 e. The number of fused-ring (bicyclic) bond motifs is 1. The Kier molecular flexibility index (Phi) is 6.94. The van der Waals surface area contributed by atoms with E-state index in [1.807, 2.05) is 48.2 Å². The molecule has 2 heterocycles. The third-order valence-corrected chi connectivity index (χ3v) is 6.35. The van der Waals surface area contributed by atoms with Gasteiger partial charge in [-0.1, -0.05) is 18.2 Å². The number of hydrogen-bond donors (Lipinski definition) is 2. The summed E-state index contributed by atoms with van der Waals surface area (Å²) in [5.74, 6) is 1.97. The van der Waals surface area contributed by atoms with Crippen LogP contribution in [-0.2, 0) is 22.4 Å². The molecule has 2 atom stereocenters. The summed E-state index contributed by atoms with van der Waals surface area (Å²) in [6, 6.07) is 13.1. The maximum absolute atomic E-state index is 12.8. The molecule has 9 heteroatoms. The van der Waals surface area contributed by atoms with Crippen LogP contribution in [-0.4, -0.2) is 47.2 Å². The van der Waals surface area contributed by atoms with E-state index in [4.69, 9.17) is 15.2 Å². The predicted octanol–water partition coefficient (Wildman–Crippen LogP) is 2.65. The topological polar surface area (TPSA) is 106 Å². The number of piperidine rings is 1. The quantitative estimate of drug-likeness (QED) is 0.666. The molecule has 0 aromatic heterocycles. The summed E-state index contributed by atoms with van der Waals surface area (Å²) in [5.41, 5.74) is 8.24. The molecule has 1 fully saturated rings. The number of benzene rings is 2. The Morgan fingerprint density at radius 1 is 1.25 bits per heavy atom. The minimum atomic E-state index is -1.57. The Morgan fingerprint density at radius 2 is 2.06 bits per heavy atom. The lowest BCUT2D eigenvalue weighted by Crippen LogP contribution is -2.42. The van der Waals surface area contributed by atoms with Crippen molar-refractivity contribution in [2.45, 2.75) is 26.2 Å². The zero-order chi connectivity index (χ0) is 22.5. The minimum absolute atomic E-state index is 0.124. The van der Waals surface area contributed by atoms with Gasteiger partial charge in [-0.15, -0.1) is 0 Å². The molecule has 1 amide bonds. The molecule has 2 unspecified atom stereocenters. The van der Waals surface area contributed by atoms with Gasteiger partial charge in [0, 0.05) is 19.0 Å². The van der Waals surface area contributed by atoms with Crippen LogP contribution < -0.4 is 19.9 Å².